The summed E-state index contributed by atoms with van der Waals surface area (Å²) in [6.45, 7) is 0. The van der Waals surface area contributed by atoms with Gasteiger partial charge in [0.15, 0.2) is 0 Å². The van der Waals surface area contributed by atoms with Crippen LogP contribution in [0.5, 0.6) is 0 Å². The van der Waals surface area contributed by atoms with E-state index in [0.29, 0.717) is 12.0 Å². The van der Waals surface area contributed by atoms with E-state index in [-0.39, 0.29) is 5.75 Å². The smallest absolute Gasteiger partial charge is 0.326 e. The van der Waals surface area contributed by atoms with Crippen LogP contribution in [0.4, 0.5) is 0 Å². The van der Waals surface area contributed by atoms with Crippen LogP contribution in [0.3, 0.4) is 0 Å². The van der Waals surface area contributed by atoms with Crippen molar-refractivity contribution < 1.29 is 18.3 Å². The third-order valence-electron chi connectivity index (χ3n) is 3.18. The molecule has 0 radical (unpaired) electrons. The van der Waals surface area contributed by atoms with Crippen molar-refractivity contribution in [3.05, 3.63) is 71.8 Å². The second kappa shape index (κ2) is 7.20. The van der Waals surface area contributed by atoms with E-state index in [9.17, 15) is 18.3 Å². The van der Waals surface area contributed by atoms with Crippen molar-refractivity contribution in [1.29, 1.82) is 0 Å². The highest BCUT2D eigenvalue weighted by Gasteiger charge is 2.25. The molecule has 116 valence electrons. The number of carboxylic acids is 1. The maximum absolute atomic E-state index is 12.1. The Balaban J connectivity index is 2.07. The molecule has 0 aromatic heterocycles. The fourth-order valence-electron chi connectivity index (χ4n) is 2.04. The van der Waals surface area contributed by atoms with Gasteiger partial charge < -0.3 is 5.11 Å². The van der Waals surface area contributed by atoms with Gasteiger partial charge in [-0.05, 0) is 17.5 Å². The Morgan fingerprint density at radius 2 is 1.55 bits per heavy atom. The SMILES string of the molecule is O=C(O)[C@@H](NS(=O)(=O)CCc1ccccc1)c1ccccc1. The highest BCUT2D eigenvalue weighted by atomic mass is 32.2. The summed E-state index contributed by atoms with van der Waals surface area (Å²) in [7, 11) is -3.70. The third kappa shape index (κ3) is 4.68. The first-order chi connectivity index (χ1) is 10.5. The summed E-state index contributed by atoms with van der Waals surface area (Å²) >= 11 is 0. The predicted octanol–water partition coefficient (Wildman–Crippen LogP) is 1.97. The van der Waals surface area contributed by atoms with Crippen LogP contribution >= 0.6 is 0 Å². The molecule has 0 unspecified atom stereocenters. The lowest BCUT2D eigenvalue weighted by molar-refractivity contribution is -0.139. The normalized spacial score (nSPS) is 12.7. The molecular formula is C16H17NO4S. The van der Waals surface area contributed by atoms with Crippen molar-refractivity contribution in [2.75, 3.05) is 5.75 Å². The molecule has 0 aliphatic carbocycles. The molecule has 0 saturated heterocycles. The zero-order valence-corrected chi connectivity index (χ0v) is 12.7. The lowest BCUT2D eigenvalue weighted by Crippen LogP contribution is -2.35. The molecule has 2 aromatic carbocycles. The molecular weight excluding hydrogens is 302 g/mol. The summed E-state index contributed by atoms with van der Waals surface area (Å²) in [5, 5.41) is 9.25. The molecule has 5 nitrogen and oxygen atoms in total. The van der Waals surface area contributed by atoms with Crippen LogP contribution in [-0.4, -0.2) is 25.2 Å². The quantitative estimate of drug-likeness (QED) is 0.817. The Morgan fingerprint density at radius 1 is 1.00 bits per heavy atom. The molecule has 2 aromatic rings. The van der Waals surface area contributed by atoms with E-state index in [0.717, 1.165) is 5.56 Å². The van der Waals surface area contributed by atoms with Gasteiger partial charge in [0.25, 0.3) is 0 Å². The largest absolute Gasteiger partial charge is 0.480 e. The molecule has 0 aliphatic heterocycles. The average molecular weight is 319 g/mol. The topological polar surface area (TPSA) is 83.5 Å². The van der Waals surface area contributed by atoms with Gasteiger partial charge in [0.1, 0.15) is 6.04 Å². The number of benzene rings is 2. The van der Waals surface area contributed by atoms with Gasteiger partial charge in [-0.1, -0.05) is 60.7 Å². The van der Waals surface area contributed by atoms with Crippen molar-refractivity contribution in [3.63, 3.8) is 0 Å². The highest BCUT2D eigenvalue weighted by Crippen LogP contribution is 2.14. The minimum atomic E-state index is -3.70. The number of sulfonamides is 1. The monoisotopic (exact) mass is 319 g/mol. The molecule has 0 fully saturated rings. The number of hydrogen-bond donors (Lipinski definition) is 2. The predicted molar refractivity (Wildman–Crippen MR) is 83.9 cm³/mol. The first kappa shape index (κ1) is 16.2. The van der Waals surface area contributed by atoms with Gasteiger partial charge in [-0.3, -0.25) is 4.79 Å². The van der Waals surface area contributed by atoms with Gasteiger partial charge in [0.2, 0.25) is 10.0 Å². The van der Waals surface area contributed by atoms with Gasteiger partial charge in [0, 0.05) is 0 Å². The fraction of sp³-hybridized carbons (Fsp3) is 0.188. The van der Waals surface area contributed by atoms with Crippen LogP contribution in [0.1, 0.15) is 17.2 Å². The van der Waals surface area contributed by atoms with Crippen LogP contribution < -0.4 is 4.72 Å². The van der Waals surface area contributed by atoms with Crippen molar-refractivity contribution in [2.45, 2.75) is 12.5 Å². The van der Waals surface area contributed by atoms with Gasteiger partial charge >= 0.3 is 5.97 Å². The molecule has 22 heavy (non-hydrogen) atoms. The highest BCUT2D eigenvalue weighted by molar-refractivity contribution is 7.89. The van der Waals surface area contributed by atoms with E-state index in [1.807, 2.05) is 30.3 Å². The van der Waals surface area contributed by atoms with Crippen molar-refractivity contribution in [1.82, 2.24) is 4.72 Å². The number of rotatable bonds is 7. The van der Waals surface area contributed by atoms with Crippen LogP contribution in [0.15, 0.2) is 60.7 Å². The zero-order chi connectivity index (χ0) is 16.0. The number of hydrogen-bond acceptors (Lipinski definition) is 3. The third-order valence-corrected chi connectivity index (χ3v) is 4.52. The van der Waals surface area contributed by atoms with Gasteiger partial charge in [-0.25, -0.2) is 8.42 Å². The zero-order valence-electron chi connectivity index (χ0n) is 11.8. The number of nitrogens with one attached hydrogen (secondary N) is 1. The Morgan fingerprint density at radius 3 is 2.09 bits per heavy atom. The minimum Gasteiger partial charge on any atom is -0.480 e. The first-order valence-electron chi connectivity index (χ1n) is 6.79. The molecule has 0 spiro atoms. The lowest BCUT2D eigenvalue weighted by atomic mass is 10.1. The Labute approximate surface area is 129 Å². The van der Waals surface area contributed by atoms with Crippen LogP contribution in [0, 0.1) is 0 Å². The Hall–Kier alpha value is -2.18. The lowest BCUT2D eigenvalue weighted by Gasteiger charge is -2.15. The van der Waals surface area contributed by atoms with Crippen LogP contribution in [0.25, 0.3) is 0 Å². The maximum atomic E-state index is 12.1. The second-order valence-corrected chi connectivity index (χ2v) is 6.73. The summed E-state index contributed by atoms with van der Waals surface area (Å²) in [6.07, 6.45) is 0.331. The molecule has 0 aliphatic rings. The van der Waals surface area contributed by atoms with Crippen LogP contribution in [0.2, 0.25) is 0 Å². The molecule has 1 atom stereocenters. The van der Waals surface area contributed by atoms with E-state index in [2.05, 4.69) is 4.72 Å². The molecule has 0 bridgehead atoms. The first-order valence-corrected chi connectivity index (χ1v) is 8.45. The van der Waals surface area contributed by atoms with Crippen LogP contribution in [-0.2, 0) is 21.2 Å². The molecule has 0 amide bonds. The number of aryl methyl sites for hydroxylation is 1. The van der Waals surface area contributed by atoms with Gasteiger partial charge in [-0.2, -0.15) is 4.72 Å². The Kier molecular flexibility index (Phi) is 5.30. The number of aliphatic carboxylic acids is 1. The van der Waals surface area contributed by atoms with Crippen molar-refractivity contribution >= 4 is 16.0 Å². The van der Waals surface area contributed by atoms with E-state index in [1.165, 1.54) is 0 Å². The summed E-state index contributed by atoms with van der Waals surface area (Å²) in [6, 6.07) is 16.2. The maximum Gasteiger partial charge on any atom is 0.326 e. The standard InChI is InChI=1S/C16H17NO4S/c18-16(19)15(14-9-5-2-6-10-14)17-22(20,21)12-11-13-7-3-1-4-8-13/h1-10,15,17H,11-12H2,(H,18,19)/t15-/m0/s1. The van der Waals surface area contributed by atoms with Gasteiger partial charge in [0.05, 0.1) is 5.75 Å². The fourth-order valence-corrected chi connectivity index (χ4v) is 3.26. The number of carboxylic acid groups (broad SMARTS) is 1. The summed E-state index contributed by atoms with van der Waals surface area (Å²) in [5.41, 5.74) is 1.29. The minimum absolute atomic E-state index is 0.159. The number of carbonyl (C=O) groups is 1. The van der Waals surface area contributed by atoms with Gasteiger partial charge in [-0.15, -0.1) is 0 Å². The molecule has 0 heterocycles. The van der Waals surface area contributed by atoms with Crippen molar-refractivity contribution in [3.8, 4) is 0 Å². The van der Waals surface area contributed by atoms with E-state index in [4.69, 9.17) is 0 Å². The van der Waals surface area contributed by atoms with E-state index in [1.54, 1.807) is 30.3 Å². The van der Waals surface area contributed by atoms with Crippen molar-refractivity contribution in [2.24, 2.45) is 0 Å². The van der Waals surface area contributed by atoms with E-state index < -0.39 is 22.0 Å². The molecule has 2 N–H and O–H groups in total. The molecule has 0 saturated carbocycles. The summed E-state index contributed by atoms with van der Waals surface area (Å²) < 4.78 is 26.5. The van der Waals surface area contributed by atoms with E-state index >= 15 is 0 Å². The summed E-state index contributed by atoms with van der Waals surface area (Å²) in [5.74, 6) is -1.39. The average Bonchev–Trinajstić information content (AvgIpc) is 2.52. The summed E-state index contributed by atoms with van der Waals surface area (Å²) in [4.78, 5) is 11.3. The molecule has 2 rings (SSSR count). The Bertz CT molecular complexity index is 714. The molecule has 6 heteroatoms. The second-order valence-electron chi connectivity index (χ2n) is 4.85.